The maximum atomic E-state index is 13.3. The van der Waals surface area contributed by atoms with Crippen molar-refractivity contribution in [1.82, 2.24) is 20.0 Å². The molecule has 0 spiro atoms. The van der Waals surface area contributed by atoms with Gasteiger partial charge in [0.25, 0.3) is 5.91 Å². The number of para-hydroxylation sites is 2. The molecule has 0 radical (unpaired) electrons. The molecule has 180 valence electrons. The largest absolute Gasteiger partial charge is 0.383 e. The molecule has 0 atom stereocenters. The van der Waals surface area contributed by atoms with Gasteiger partial charge in [0.05, 0.1) is 17.2 Å². The number of hydrogen-bond acceptors (Lipinski definition) is 5. The Hall–Kier alpha value is -4.52. The van der Waals surface area contributed by atoms with Crippen molar-refractivity contribution < 1.29 is 4.79 Å². The molecule has 7 nitrogen and oxygen atoms in total. The number of hydrogen-bond donors (Lipinski definition) is 2. The Bertz CT molecular complexity index is 1550. The number of benzene rings is 3. The van der Waals surface area contributed by atoms with Crippen molar-refractivity contribution in [3.05, 3.63) is 101 Å². The average molecular weight is 477 g/mol. The molecule has 2 aromatic heterocycles. The molecule has 2 heterocycles. The molecule has 0 saturated heterocycles. The smallest absolute Gasteiger partial charge is 0.257 e. The third-order valence-corrected chi connectivity index (χ3v) is 6.17. The van der Waals surface area contributed by atoms with Gasteiger partial charge in [0.1, 0.15) is 16.9 Å². The summed E-state index contributed by atoms with van der Waals surface area (Å²) in [4.78, 5) is 22.8. The molecule has 0 saturated carbocycles. The minimum atomic E-state index is -0.298. The molecule has 36 heavy (non-hydrogen) atoms. The number of nitrogens with one attached hydrogen (secondary N) is 1. The van der Waals surface area contributed by atoms with Crippen LogP contribution in [-0.4, -0.2) is 33.3 Å². The number of anilines is 1. The van der Waals surface area contributed by atoms with Gasteiger partial charge in [0.2, 0.25) is 0 Å². The molecule has 3 N–H and O–H groups in total. The molecular weight excluding hydrogens is 448 g/mol. The van der Waals surface area contributed by atoms with Crippen LogP contribution in [0.2, 0.25) is 0 Å². The summed E-state index contributed by atoms with van der Waals surface area (Å²) < 4.78 is 1.50. The highest BCUT2D eigenvalue weighted by Gasteiger charge is 2.24. The van der Waals surface area contributed by atoms with E-state index in [-0.39, 0.29) is 17.3 Å². The summed E-state index contributed by atoms with van der Waals surface area (Å²) in [7, 11) is 0. The Morgan fingerprint density at radius 1 is 0.972 bits per heavy atom. The highest BCUT2D eigenvalue weighted by atomic mass is 16.1. The first-order valence-electron chi connectivity index (χ1n) is 12.0. The van der Waals surface area contributed by atoms with Crippen molar-refractivity contribution in [2.75, 3.05) is 12.3 Å². The van der Waals surface area contributed by atoms with E-state index in [4.69, 9.17) is 15.7 Å². The number of fused-ring (bicyclic) bond motifs is 2. The molecule has 3 aromatic carbocycles. The number of rotatable bonds is 7. The van der Waals surface area contributed by atoms with Gasteiger partial charge in [-0.2, -0.15) is 9.78 Å². The number of nitrogen functional groups attached to an aromatic ring is 1. The van der Waals surface area contributed by atoms with Crippen LogP contribution in [0.25, 0.3) is 22.2 Å². The lowest BCUT2D eigenvalue weighted by Crippen LogP contribution is -2.26. The molecule has 0 unspecified atom stereocenters. The summed E-state index contributed by atoms with van der Waals surface area (Å²) in [5.74, 6) is 0.354. The molecule has 1 amide bonds. The van der Waals surface area contributed by atoms with E-state index >= 15 is 0 Å². The molecular formula is C29H28N6O. The third-order valence-electron chi connectivity index (χ3n) is 6.17. The summed E-state index contributed by atoms with van der Waals surface area (Å²) >= 11 is 0. The average Bonchev–Trinajstić information content (AvgIpc) is 3.16. The lowest BCUT2D eigenvalue weighted by atomic mass is 10.0. The van der Waals surface area contributed by atoms with Crippen LogP contribution in [0.15, 0.2) is 84.0 Å². The Kier molecular flexibility index (Phi) is 6.45. The minimum absolute atomic E-state index is 0.201. The van der Waals surface area contributed by atoms with Gasteiger partial charge in [-0.25, -0.2) is 9.97 Å². The van der Waals surface area contributed by atoms with E-state index < -0.39 is 0 Å². The Balaban J connectivity index is 1.51. The maximum absolute atomic E-state index is 13.3. The number of aromatic nitrogens is 3. The maximum Gasteiger partial charge on any atom is 0.257 e. The Morgan fingerprint density at radius 3 is 2.33 bits per heavy atom. The summed E-state index contributed by atoms with van der Waals surface area (Å²) in [5.41, 5.74) is 12.4. The minimum Gasteiger partial charge on any atom is -0.383 e. The molecule has 0 fully saturated rings. The fourth-order valence-corrected chi connectivity index (χ4v) is 4.13. The third kappa shape index (κ3) is 4.68. The molecule has 5 aromatic rings. The fraction of sp³-hybridized carbons (Fsp3) is 0.172. The summed E-state index contributed by atoms with van der Waals surface area (Å²) in [6.07, 6.45) is 2.43. The van der Waals surface area contributed by atoms with Crippen molar-refractivity contribution in [3.8, 4) is 0 Å². The monoisotopic (exact) mass is 476 g/mol. The summed E-state index contributed by atoms with van der Waals surface area (Å²) in [5, 5.41) is 7.58. The summed E-state index contributed by atoms with van der Waals surface area (Å²) in [6.45, 7) is 4.79. The van der Waals surface area contributed by atoms with Gasteiger partial charge in [0.15, 0.2) is 5.65 Å². The zero-order valence-corrected chi connectivity index (χ0v) is 20.3. The SMILES string of the molecule is CC(C)c1ccc(C=Nn2c(N)c(C(=O)NCCc3ccccc3)c3nc4ccccc4nc32)cc1. The Labute approximate surface area is 209 Å². The zero-order valence-electron chi connectivity index (χ0n) is 20.3. The number of nitrogens with two attached hydrogens (primary N) is 1. The standard InChI is InChI=1S/C29H28N6O/c1-19(2)22-14-12-21(13-15-22)18-32-35-27(30)25(29(36)31-17-16-20-8-4-3-5-9-20)26-28(35)34-24-11-7-6-10-23(24)33-26/h3-15,18-19H,16-17,30H2,1-2H3,(H,31,36). The molecule has 0 bridgehead atoms. The molecule has 0 aliphatic heterocycles. The van der Waals surface area contributed by atoms with E-state index in [1.165, 1.54) is 10.2 Å². The number of carbonyl (C=O) groups is 1. The van der Waals surface area contributed by atoms with Crippen LogP contribution >= 0.6 is 0 Å². The predicted molar refractivity (Wildman–Crippen MR) is 145 cm³/mol. The van der Waals surface area contributed by atoms with Gasteiger partial charge >= 0.3 is 0 Å². The number of amides is 1. The van der Waals surface area contributed by atoms with E-state index in [1.54, 1.807) is 6.21 Å². The van der Waals surface area contributed by atoms with Crippen molar-refractivity contribution in [2.24, 2.45) is 5.10 Å². The molecule has 7 heteroatoms. The second-order valence-corrected chi connectivity index (χ2v) is 9.01. The van der Waals surface area contributed by atoms with Gasteiger partial charge in [-0.3, -0.25) is 4.79 Å². The van der Waals surface area contributed by atoms with Crippen LogP contribution in [0.1, 0.15) is 46.8 Å². The van der Waals surface area contributed by atoms with Crippen LogP contribution in [0, 0.1) is 0 Å². The van der Waals surface area contributed by atoms with Crippen molar-refractivity contribution >= 4 is 40.1 Å². The molecule has 5 rings (SSSR count). The second-order valence-electron chi connectivity index (χ2n) is 9.01. The van der Waals surface area contributed by atoms with Gasteiger partial charge in [0, 0.05) is 6.54 Å². The van der Waals surface area contributed by atoms with E-state index in [0.717, 1.165) is 11.1 Å². The van der Waals surface area contributed by atoms with E-state index in [9.17, 15) is 4.79 Å². The van der Waals surface area contributed by atoms with Crippen LogP contribution in [-0.2, 0) is 6.42 Å². The van der Waals surface area contributed by atoms with E-state index in [2.05, 4.69) is 36.4 Å². The van der Waals surface area contributed by atoms with Gasteiger partial charge in [-0.15, -0.1) is 0 Å². The zero-order chi connectivity index (χ0) is 25.1. The fourth-order valence-electron chi connectivity index (χ4n) is 4.13. The first-order valence-corrected chi connectivity index (χ1v) is 12.0. The van der Waals surface area contributed by atoms with Gasteiger partial charge < -0.3 is 11.1 Å². The number of carbonyl (C=O) groups excluding carboxylic acids is 1. The normalized spacial score (nSPS) is 11.6. The van der Waals surface area contributed by atoms with Crippen LogP contribution in [0.3, 0.4) is 0 Å². The van der Waals surface area contributed by atoms with E-state index in [0.29, 0.717) is 41.1 Å². The Morgan fingerprint density at radius 2 is 1.64 bits per heavy atom. The van der Waals surface area contributed by atoms with E-state index in [1.807, 2.05) is 66.7 Å². The predicted octanol–water partition coefficient (Wildman–Crippen LogP) is 5.14. The van der Waals surface area contributed by atoms with Crippen molar-refractivity contribution in [3.63, 3.8) is 0 Å². The highest BCUT2D eigenvalue weighted by Crippen LogP contribution is 2.28. The van der Waals surface area contributed by atoms with Crippen LogP contribution in [0.5, 0.6) is 0 Å². The lowest BCUT2D eigenvalue weighted by Gasteiger charge is -2.06. The quantitative estimate of drug-likeness (QED) is 0.318. The van der Waals surface area contributed by atoms with Crippen LogP contribution < -0.4 is 11.1 Å². The number of nitrogens with zero attached hydrogens (tertiary/aromatic N) is 4. The van der Waals surface area contributed by atoms with Crippen LogP contribution in [0.4, 0.5) is 5.82 Å². The molecule has 0 aliphatic carbocycles. The van der Waals surface area contributed by atoms with Crippen molar-refractivity contribution in [1.29, 1.82) is 0 Å². The lowest BCUT2D eigenvalue weighted by molar-refractivity contribution is 0.0956. The first kappa shape index (κ1) is 23.2. The second kappa shape index (κ2) is 10.00. The highest BCUT2D eigenvalue weighted by molar-refractivity contribution is 6.10. The molecule has 0 aliphatic rings. The van der Waals surface area contributed by atoms with Crippen molar-refractivity contribution in [2.45, 2.75) is 26.2 Å². The topological polar surface area (TPSA) is 98.2 Å². The first-order chi connectivity index (χ1) is 17.5. The summed E-state index contributed by atoms with van der Waals surface area (Å²) in [6, 6.07) is 25.7. The van der Waals surface area contributed by atoms with Gasteiger partial charge in [-0.1, -0.05) is 80.6 Å². The van der Waals surface area contributed by atoms with Gasteiger partial charge in [-0.05, 0) is 41.2 Å².